The molecule has 0 unspecified atom stereocenters. The van der Waals surface area contributed by atoms with Gasteiger partial charge in [-0.2, -0.15) is 5.10 Å². The van der Waals surface area contributed by atoms with Gasteiger partial charge in [-0.25, -0.2) is 14.1 Å². The monoisotopic (exact) mass is 424 g/mol. The van der Waals surface area contributed by atoms with E-state index in [2.05, 4.69) is 10.4 Å². The van der Waals surface area contributed by atoms with Gasteiger partial charge in [0.15, 0.2) is 5.69 Å². The van der Waals surface area contributed by atoms with Crippen LogP contribution in [0.1, 0.15) is 63.0 Å². The van der Waals surface area contributed by atoms with E-state index < -0.39 is 0 Å². The maximum Gasteiger partial charge on any atom is 0.272 e. The van der Waals surface area contributed by atoms with Crippen molar-refractivity contribution in [1.82, 2.24) is 20.1 Å². The summed E-state index contributed by atoms with van der Waals surface area (Å²) < 4.78 is 15.9. The molecule has 5 rings (SSSR count). The highest BCUT2D eigenvalue weighted by Crippen LogP contribution is 2.29. The first kappa shape index (κ1) is 19.4. The molecule has 3 aromatic rings. The number of benzene rings is 1. The largest absolute Gasteiger partial charge is 0.351 e. The number of amides is 1. The molecular weight excluding hydrogens is 399 g/mol. The van der Waals surface area contributed by atoms with E-state index in [1.54, 1.807) is 22.9 Å². The Morgan fingerprint density at radius 3 is 2.87 bits per heavy atom. The second-order valence-corrected chi connectivity index (χ2v) is 9.20. The topological polar surface area (TPSA) is 59.8 Å². The lowest BCUT2D eigenvalue weighted by atomic mass is 10.0. The molecule has 1 N–H and O–H groups in total. The van der Waals surface area contributed by atoms with Crippen LogP contribution in [0.2, 0.25) is 0 Å². The number of aryl methyl sites for hydroxylation is 3. The number of hydrogen-bond donors (Lipinski definition) is 1. The second-order valence-electron chi connectivity index (χ2n) is 8.03. The van der Waals surface area contributed by atoms with Crippen LogP contribution in [0.4, 0.5) is 4.39 Å². The van der Waals surface area contributed by atoms with E-state index in [1.165, 1.54) is 40.9 Å². The van der Waals surface area contributed by atoms with Gasteiger partial charge in [-0.3, -0.25) is 4.79 Å². The van der Waals surface area contributed by atoms with Gasteiger partial charge in [0.25, 0.3) is 5.91 Å². The molecule has 0 spiro atoms. The van der Waals surface area contributed by atoms with Crippen LogP contribution in [0, 0.1) is 5.82 Å². The van der Waals surface area contributed by atoms with Crippen molar-refractivity contribution in [2.75, 3.05) is 6.54 Å². The molecule has 2 aliphatic rings. The minimum atomic E-state index is -0.326. The van der Waals surface area contributed by atoms with E-state index in [4.69, 9.17) is 4.98 Å². The molecule has 0 bridgehead atoms. The molecule has 0 aliphatic heterocycles. The van der Waals surface area contributed by atoms with Crippen LogP contribution in [0.25, 0.3) is 5.69 Å². The average molecular weight is 425 g/mol. The summed E-state index contributed by atoms with van der Waals surface area (Å²) in [6.45, 7) is 0.588. The van der Waals surface area contributed by atoms with Gasteiger partial charge in [-0.05, 0) is 63.5 Å². The molecule has 0 saturated carbocycles. The molecule has 2 aliphatic carbocycles. The van der Waals surface area contributed by atoms with Crippen LogP contribution < -0.4 is 5.32 Å². The third kappa shape index (κ3) is 3.67. The van der Waals surface area contributed by atoms with E-state index in [0.29, 0.717) is 17.9 Å². The molecule has 0 radical (unpaired) electrons. The minimum Gasteiger partial charge on any atom is -0.351 e. The Morgan fingerprint density at radius 1 is 1.13 bits per heavy atom. The second kappa shape index (κ2) is 8.30. The van der Waals surface area contributed by atoms with E-state index in [-0.39, 0.29) is 11.7 Å². The normalized spacial score (nSPS) is 15.1. The standard InChI is InChI=1S/C23H25FN4OS/c24-16-8-1-3-10-19(16)28-18-11-5-7-15(18)22(27-28)23(29)25-14-6-13-21-26-17-9-2-4-12-20(17)30-21/h1,3,8,10H,2,4-7,9,11-14H2,(H,25,29). The molecule has 1 amide bonds. The van der Waals surface area contributed by atoms with E-state index in [9.17, 15) is 9.18 Å². The highest BCUT2D eigenvalue weighted by Gasteiger charge is 2.27. The zero-order valence-electron chi connectivity index (χ0n) is 16.9. The summed E-state index contributed by atoms with van der Waals surface area (Å²) in [5.41, 5.74) is 4.06. The van der Waals surface area contributed by atoms with Crippen LogP contribution in [0.5, 0.6) is 0 Å². The number of halogens is 1. The molecule has 2 heterocycles. The maximum atomic E-state index is 14.3. The van der Waals surface area contributed by atoms with E-state index in [1.807, 2.05) is 11.3 Å². The summed E-state index contributed by atoms with van der Waals surface area (Å²) in [6, 6.07) is 6.58. The van der Waals surface area contributed by atoms with Crippen LogP contribution >= 0.6 is 11.3 Å². The number of aromatic nitrogens is 3. The molecule has 156 valence electrons. The van der Waals surface area contributed by atoms with E-state index >= 15 is 0 Å². The van der Waals surface area contributed by atoms with Crippen molar-refractivity contribution in [3.05, 3.63) is 62.6 Å². The molecule has 7 heteroatoms. The molecular formula is C23H25FN4OS. The van der Waals surface area contributed by atoms with E-state index in [0.717, 1.165) is 49.8 Å². The zero-order chi connectivity index (χ0) is 20.5. The summed E-state index contributed by atoms with van der Waals surface area (Å²) in [7, 11) is 0. The number of carbonyl (C=O) groups is 1. The van der Waals surface area contributed by atoms with Crippen molar-refractivity contribution < 1.29 is 9.18 Å². The lowest BCUT2D eigenvalue weighted by Crippen LogP contribution is -2.26. The van der Waals surface area contributed by atoms with Crippen molar-refractivity contribution >= 4 is 17.2 Å². The highest BCUT2D eigenvalue weighted by atomic mass is 32.1. The van der Waals surface area contributed by atoms with Crippen molar-refractivity contribution in [3.63, 3.8) is 0 Å². The van der Waals surface area contributed by atoms with Crippen LogP contribution in [-0.2, 0) is 32.1 Å². The molecule has 0 atom stereocenters. The van der Waals surface area contributed by atoms with Crippen molar-refractivity contribution in [1.29, 1.82) is 0 Å². The van der Waals surface area contributed by atoms with Crippen molar-refractivity contribution in [2.24, 2.45) is 0 Å². The molecule has 0 fully saturated rings. The number of thiazole rings is 1. The van der Waals surface area contributed by atoms with Gasteiger partial charge in [0, 0.05) is 29.1 Å². The number of carbonyl (C=O) groups excluding carboxylic acids is 1. The summed E-state index contributed by atoms with van der Waals surface area (Å²) in [6.07, 6.45) is 9.14. The Kier molecular flexibility index (Phi) is 5.37. The fourth-order valence-corrected chi connectivity index (χ4v) is 5.68. The van der Waals surface area contributed by atoms with Gasteiger partial charge in [0.05, 0.1) is 10.7 Å². The minimum absolute atomic E-state index is 0.165. The molecule has 2 aromatic heterocycles. The maximum absolute atomic E-state index is 14.3. The summed E-state index contributed by atoms with van der Waals surface area (Å²) in [4.78, 5) is 19.0. The summed E-state index contributed by atoms with van der Waals surface area (Å²) in [5.74, 6) is -0.491. The lowest BCUT2D eigenvalue weighted by Gasteiger charge is -2.06. The van der Waals surface area contributed by atoms with Gasteiger partial charge in [-0.15, -0.1) is 11.3 Å². The Labute approximate surface area is 179 Å². The van der Waals surface area contributed by atoms with Gasteiger partial charge in [-0.1, -0.05) is 12.1 Å². The van der Waals surface area contributed by atoms with Gasteiger partial charge in [0.2, 0.25) is 0 Å². The molecule has 30 heavy (non-hydrogen) atoms. The van der Waals surface area contributed by atoms with Crippen LogP contribution in [0.3, 0.4) is 0 Å². The number of rotatable bonds is 6. The van der Waals surface area contributed by atoms with Gasteiger partial charge >= 0.3 is 0 Å². The summed E-state index contributed by atoms with van der Waals surface area (Å²) >= 11 is 1.83. The number of hydrogen-bond acceptors (Lipinski definition) is 4. The molecule has 5 nitrogen and oxygen atoms in total. The summed E-state index contributed by atoms with van der Waals surface area (Å²) in [5, 5.41) is 8.69. The Bertz CT molecular complexity index is 1060. The number of nitrogens with zero attached hydrogens (tertiary/aromatic N) is 3. The van der Waals surface area contributed by atoms with Gasteiger partial charge < -0.3 is 5.32 Å². The Morgan fingerprint density at radius 2 is 2.00 bits per heavy atom. The van der Waals surface area contributed by atoms with Gasteiger partial charge in [0.1, 0.15) is 11.5 Å². The van der Waals surface area contributed by atoms with Crippen molar-refractivity contribution in [2.45, 2.75) is 57.8 Å². The van der Waals surface area contributed by atoms with Crippen LogP contribution in [0.15, 0.2) is 24.3 Å². The smallest absolute Gasteiger partial charge is 0.272 e. The fourth-order valence-electron chi connectivity index (χ4n) is 4.48. The SMILES string of the molecule is O=C(NCCCc1nc2c(s1)CCCC2)c1nn(-c2ccccc2F)c2c1CCC2. The Balaban J connectivity index is 1.24. The molecule has 1 aromatic carbocycles. The number of nitrogens with one attached hydrogen (secondary N) is 1. The average Bonchev–Trinajstić information content (AvgIpc) is 3.46. The predicted octanol–water partition coefficient (Wildman–Crippen LogP) is 4.20. The lowest BCUT2D eigenvalue weighted by molar-refractivity contribution is 0.0947. The first-order valence-electron chi connectivity index (χ1n) is 10.8. The third-order valence-corrected chi connectivity index (χ3v) is 7.19. The third-order valence-electron chi connectivity index (χ3n) is 5.97. The number of fused-ring (bicyclic) bond motifs is 2. The fraction of sp³-hybridized carbons (Fsp3) is 0.435. The number of para-hydroxylation sites is 1. The Hall–Kier alpha value is -2.54. The van der Waals surface area contributed by atoms with Crippen LogP contribution in [-0.4, -0.2) is 27.2 Å². The highest BCUT2D eigenvalue weighted by molar-refractivity contribution is 7.11. The first-order valence-corrected chi connectivity index (χ1v) is 11.6. The molecule has 0 saturated heterocycles. The quantitative estimate of drug-likeness (QED) is 0.604. The van der Waals surface area contributed by atoms with Crippen molar-refractivity contribution in [3.8, 4) is 5.69 Å². The zero-order valence-corrected chi connectivity index (χ0v) is 17.7. The predicted molar refractivity (Wildman–Crippen MR) is 115 cm³/mol. The first-order chi connectivity index (χ1) is 14.7.